The van der Waals surface area contributed by atoms with Gasteiger partial charge in [-0.3, -0.25) is 9.59 Å². The maximum absolute atomic E-state index is 12.3. The van der Waals surface area contributed by atoms with Crippen molar-refractivity contribution < 1.29 is 14.3 Å². The average Bonchev–Trinajstić information content (AvgIpc) is 3.10. The summed E-state index contributed by atoms with van der Waals surface area (Å²) in [5.74, 6) is 2.74. The highest BCUT2D eigenvalue weighted by Crippen LogP contribution is 2.78. The fourth-order valence-electron chi connectivity index (χ4n) is 6.65. The third-order valence-corrected chi connectivity index (χ3v) is 7.62. The van der Waals surface area contributed by atoms with E-state index in [-0.39, 0.29) is 11.9 Å². The predicted molar refractivity (Wildman–Crippen MR) is 66.6 cm³/mol. The normalized spacial score (nSPS) is 63.7. The standard InChI is InChI=1S/C16H18O3/c1-15-9-6-10(16(15,2)14(18)19-13(15)17)12-8-4-3-7(5-8)11(9)12/h3-4,7-12H,5-6H2,1-2H3. The second kappa shape index (κ2) is 2.68. The van der Waals surface area contributed by atoms with Gasteiger partial charge in [-0.2, -0.15) is 0 Å². The van der Waals surface area contributed by atoms with Crippen molar-refractivity contribution in [2.75, 3.05) is 0 Å². The molecule has 100 valence electrons. The number of allylic oxidation sites excluding steroid dienone is 2. The number of fused-ring (bicyclic) bond motifs is 12. The van der Waals surface area contributed by atoms with Crippen LogP contribution in [0.25, 0.3) is 0 Å². The molecule has 0 spiro atoms. The van der Waals surface area contributed by atoms with E-state index >= 15 is 0 Å². The van der Waals surface area contributed by atoms with Crippen LogP contribution >= 0.6 is 0 Å². The number of rotatable bonds is 0. The largest absolute Gasteiger partial charge is 0.392 e. The van der Waals surface area contributed by atoms with Crippen molar-refractivity contribution in [2.24, 2.45) is 46.3 Å². The fraction of sp³-hybridized carbons (Fsp3) is 0.750. The Morgan fingerprint density at radius 3 is 1.89 bits per heavy atom. The summed E-state index contributed by atoms with van der Waals surface area (Å²) in [6.45, 7) is 3.99. The summed E-state index contributed by atoms with van der Waals surface area (Å²) in [5, 5.41) is 0. The number of cyclic esters (lactones) is 2. The Hall–Kier alpha value is -1.12. The highest BCUT2D eigenvalue weighted by atomic mass is 16.6. The molecule has 0 N–H and O–H groups in total. The summed E-state index contributed by atoms with van der Waals surface area (Å²) < 4.78 is 5.07. The second-order valence-corrected chi connectivity index (χ2v) is 7.63. The van der Waals surface area contributed by atoms with Gasteiger partial charge in [-0.1, -0.05) is 12.2 Å². The first kappa shape index (κ1) is 10.6. The molecule has 0 aromatic rings. The molecule has 8 unspecified atom stereocenters. The van der Waals surface area contributed by atoms with Crippen LogP contribution in [-0.4, -0.2) is 11.9 Å². The zero-order valence-electron chi connectivity index (χ0n) is 11.3. The highest BCUT2D eigenvalue weighted by Gasteiger charge is 2.81. The van der Waals surface area contributed by atoms with Gasteiger partial charge in [0.15, 0.2) is 0 Å². The Morgan fingerprint density at radius 2 is 1.42 bits per heavy atom. The van der Waals surface area contributed by atoms with Crippen molar-refractivity contribution in [1.82, 2.24) is 0 Å². The molecule has 4 fully saturated rings. The summed E-state index contributed by atoms with van der Waals surface area (Å²) in [4.78, 5) is 24.6. The molecule has 1 saturated heterocycles. The predicted octanol–water partition coefficient (Wildman–Crippen LogP) is 2.17. The quantitative estimate of drug-likeness (QED) is 0.289. The van der Waals surface area contributed by atoms with Crippen molar-refractivity contribution in [3.8, 4) is 0 Å². The summed E-state index contributed by atoms with van der Waals surface area (Å²) in [5.41, 5.74) is -1.12. The molecule has 5 aliphatic rings. The van der Waals surface area contributed by atoms with E-state index in [2.05, 4.69) is 12.2 Å². The summed E-state index contributed by atoms with van der Waals surface area (Å²) >= 11 is 0. The van der Waals surface area contributed by atoms with Gasteiger partial charge in [0, 0.05) is 0 Å². The Kier molecular flexibility index (Phi) is 1.50. The van der Waals surface area contributed by atoms with Gasteiger partial charge in [0.1, 0.15) is 0 Å². The lowest BCUT2D eigenvalue weighted by molar-refractivity contribution is -0.157. The molecule has 1 heterocycles. The molecule has 3 nitrogen and oxygen atoms in total. The first-order chi connectivity index (χ1) is 8.99. The van der Waals surface area contributed by atoms with E-state index in [9.17, 15) is 9.59 Å². The van der Waals surface area contributed by atoms with E-state index in [4.69, 9.17) is 4.74 Å². The molecular weight excluding hydrogens is 240 g/mol. The molecule has 4 aliphatic carbocycles. The number of carbonyl (C=O) groups excluding carboxylic acids is 2. The fourth-order valence-corrected chi connectivity index (χ4v) is 6.65. The van der Waals surface area contributed by atoms with Gasteiger partial charge >= 0.3 is 11.9 Å². The van der Waals surface area contributed by atoms with Crippen LogP contribution in [0.3, 0.4) is 0 Å². The molecule has 4 bridgehead atoms. The first-order valence-electron chi connectivity index (χ1n) is 7.44. The molecular formula is C16H18O3. The molecule has 8 atom stereocenters. The van der Waals surface area contributed by atoms with Crippen LogP contribution in [0.2, 0.25) is 0 Å². The van der Waals surface area contributed by atoms with Crippen LogP contribution in [0, 0.1) is 46.3 Å². The summed E-state index contributed by atoms with van der Waals surface area (Å²) in [6, 6.07) is 0. The third-order valence-electron chi connectivity index (χ3n) is 7.62. The van der Waals surface area contributed by atoms with Crippen molar-refractivity contribution in [3.63, 3.8) is 0 Å². The topological polar surface area (TPSA) is 43.4 Å². The van der Waals surface area contributed by atoms with Crippen LogP contribution in [0.15, 0.2) is 12.2 Å². The van der Waals surface area contributed by atoms with Gasteiger partial charge in [-0.25, -0.2) is 0 Å². The van der Waals surface area contributed by atoms with Crippen molar-refractivity contribution in [1.29, 1.82) is 0 Å². The zero-order chi connectivity index (χ0) is 13.2. The Labute approximate surface area is 112 Å². The van der Waals surface area contributed by atoms with E-state index in [1.54, 1.807) is 0 Å². The zero-order valence-corrected chi connectivity index (χ0v) is 11.3. The van der Waals surface area contributed by atoms with Crippen LogP contribution in [0.5, 0.6) is 0 Å². The average molecular weight is 258 g/mol. The first-order valence-corrected chi connectivity index (χ1v) is 7.44. The second-order valence-electron chi connectivity index (χ2n) is 7.63. The van der Waals surface area contributed by atoms with Crippen LogP contribution < -0.4 is 0 Å². The minimum Gasteiger partial charge on any atom is -0.392 e. The minimum atomic E-state index is -0.561. The highest BCUT2D eigenvalue weighted by molar-refractivity contribution is 6.02. The lowest BCUT2D eigenvalue weighted by atomic mass is 9.52. The maximum atomic E-state index is 12.3. The van der Waals surface area contributed by atoms with E-state index in [1.807, 2.05) is 13.8 Å². The Bertz CT molecular complexity index is 518. The van der Waals surface area contributed by atoms with Crippen LogP contribution in [-0.2, 0) is 14.3 Å². The van der Waals surface area contributed by atoms with Gasteiger partial charge < -0.3 is 4.74 Å². The van der Waals surface area contributed by atoms with Gasteiger partial charge in [0.05, 0.1) is 10.8 Å². The van der Waals surface area contributed by atoms with Gasteiger partial charge in [-0.15, -0.1) is 0 Å². The molecule has 3 heteroatoms. The third kappa shape index (κ3) is 0.788. The summed E-state index contributed by atoms with van der Waals surface area (Å²) in [6.07, 6.45) is 7.01. The lowest BCUT2D eigenvalue weighted by Gasteiger charge is -2.47. The lowest BCUT2D eigenvalue weighted by Crippen LogP contribution is -2.52. The smallest absolute Gasteiger partial charge is 0.320 e. The van der Waals surface area contributed by atoms with E-state index in [1.165, 1.54) is 6.42 Å². The van der Waals surface area contributed by atoms with Crippen LogP contribution in [0.1, 0.15) is 26.7 Å². The Balaban J connectivity index is 1.73. The number of hydrogen-bond acceptors (Lipinski definition) is 3. The van der Waals surface area contributed by atoms with Gasteiger partial charge in [-0.05, 0) is 62.2 Å². The molecule has 5 rings (SSSR count). The molecule has 0 radical (unpaired) electrons. The maximum Gasteiger partial charge on any atom is 0.320 e. The van der Waals surface area contributed by atoms with Gasteiger partial charge in [0.2, 0.25) is 0 Å². The van der Waals surface area contributed by atoms with Crippen molar-refractivity contribution in [3.05, 3.63) is 12.2 Å². The number of esters is 2. The summed E-state index contributed by atoms with van der Waals surface area (Å²) in [7, 11) is 0. The van der Waals surface area contributed by atoms with E-state index in [0.717, 1.165) is 6.42 Å². The van der Waals surface area contributed by atoms with Crippen molar-refractivity contribution >= 4 is 11.9 Å². The molecule has 1 aliphatic heterocycles. The van der Waals surface area contributed by atoms with Crippen molar-refractivity contribution in [2.45, 2.75) is 26.7 Å². The molecule has 0 aromatic heterocycles. The Morgan fingerprint density at radius 1 is 0.947 bits per heavy atom. The van der Waals surface area contributed by atoms with E-state index < -0.39 is 10.8 Å². The molecule has 3 saturated carbocycles. The number of hydrogen-bond donors (Lipinski definition) is 0. The SMILES string of the molecule is CC12C(=O)OC(=O)C1(C)C1CC2C2C3C=CC(C3)C21. The number of ether oxygens (including phenoxy) is 1. The minimum absolute atomic E-state index is 0.252. The monoisotopic (exact) mass is 258 g/mol. The van der Waals surface area contributed by atoms with Crippen LogP contribution in [0.4, 0.5) is 0 Å². The molecule has 19 heavy (non-hydrogen) atoms. The van der Waals surface area contributed by atoms with E-state index in [0.29, 0.717) is 35.5 Å². The van der Waals surface area contributed by atoms with Gasteiger partial charge in [0.25, 0.3) is 0 Å². The number of carbonyl (C=O) groups is 2. The molecule has 0 amide bonds. The molecule has 0 aromatic carbocycles.